The fraction of sp³-hybridized carbons (Fsp3) is 0.133. The topological polar surface area (TPSA) is 138 Å². The largest absolute Gasteiger partial charge is 0.381 e. The van der Waals surface area contributed by atoms with Crippen LogP contribution in [0.25, 0.3) is 34.4 Å². The van der Waals surface area contributed by atoms with E-state index in [0.717, 1.165) is 16.8 Å². The van der Waals surface area contributed by atoms with Crippen molar-refractivity contribution < 1.29 is 4.79 Å². The predicted octanol–water partition coefficient (Wildman–Crippen LogP) is 3.71. The number of nitrogens with one attached hydrogen (secondary N) is 1. The first kappa shape index (κ1) is 25.7. The summed E-state index contributed by atoms with van der Waals surface area (Å²) in [5, 5.41) is 11.9. The molecular formula is C30H27N9O2. The number of hydrogen-bond acceptors (Lipinski definition) is 7. The zero-order valence-corrected chi connectivity index (χ0v) is 22.7. The average Bonchev–Trinajstić information content (AvgIpc) is 3.49. The molecule has 1 amide bonds. The minimum atomic E-state index is -0.671. The monoisotopic (exact) mass is 545 g/mol. The number of carbonyl (C=O) groups is 1. The lowest BCUT2D eigenvalue weighted by Crippen LogP contribution is -2.33. The van der Waals surface area contributed by atoms with Crippen molar-refractivity contribution in [3.63, 3.8) is 0 Å². The third-order valence-corrected chi connectivity index (χ3v) is 7.07. The molecule has 204 valence electrons. The molecule has 41 heavy (non-hydrogen) atoms. The number of rotatable bonds is 6. The van der Waals surface area contributed by atoms with Crippen LogP contribution in [0.1, 0.15) is 46.0 Å². The number of fused-ring (bicyclic) bond motifs is 2. The lowest BCUT2D eigenvalue weighted by molar-refractivity contribution is 0.0940. The zero-order valence-electron chi connectivity index (χ0n) is 22.7. The fourth-order valence-corrected chi connectivity index (χ4v) is 4.84. The van der Waals surface area contributed by atoms with E-state index in [2.05, 4.69) is 20.5 Å². The summed E-state index contributed by atoms with van der Waals surface area (Å²) in [6.07, 6.45) is 8.85. The van der Waals surface area contributed by atoms with Crippen molar-refractivity contribution in [2.75, 3.05) is 5.73 Å². The third kappa shape index (κ3) is 4.52. The number of benzene rings is 2. The van der Waals surface area contributed by atoms with Gasteiger partial charge < -0.3 is 11.1 Å². The maximum absolute atomic E-state index is 14.2. The van der Waals surface area contributed by atoms with Gasteiger partial charge in [0.2, 0.25) is 0 Å². The molecular weight excluding hydrogens is 518 g/mol. The highest BCUT2D eigenvalue weighted by Gasteiger charge is 2.24. The second kappa shape index (κ2) is 10.2. The number of aryl methyl sites for hydroxylation is 1. The van der Waals surface area contributed by atoms with Crippen LogP contribution in [0, 0.1) is 6.92 Å². The Morgan fingerprint density at radius 1 is 1.05 bits per heavy atom. The highest BCUT2D eigenvalue weighted by molar-refractivity contribution is 6.04. The molecule has 0 saturated heterocycles. The van der Waals surface area contributed by atoms with Crippen LogP contribution in [-0.2, 0) is 7.05 Å². The van der Waals surface area contributed by atoms with Crippen LogP contribution in [0.15, 0.2) is 78.0 Å². The van der Waals surface area contributed by atoms with Gasteiger partial charge in [0.15, 0.2) is 11.5 Å². The molecule has 0 bridgehead atoms. The molecule has 0 aliphatic rings. The Kier molecular flexibility index (Phi) is 6.38. The van der Waals surface area contributed by atoms with E-state index in [1.165, 1.54) is 9.08 Å². The van der Waals surface area contributed by atoms with E-state index in [1.54, 1.807) is 42.3 Å². The SMILES string of the molecule is Cc1c(C=Cc2cccc3nc([C@@H](C)NC(=O)c4c(N)nn5cccnc45)n(-c4ccccc4)c(=O)c23)cnn1C. The van der Waals surface area contributed by atoms with Crippen molar-refractivity contribution >= 4 is 40.4 Å². The van der Waals surface area contributed by atoms with Crippen LogP contribution in [-0.4, -0.2) is 39.8 Å². The highest BCUT2D eigenvalue weighted by atomic mass is 16.2. The summed E-state index contributed by atoms with van der Waals surface area (Å²) in [5.74, 6) is -0.0453. The van der Waals surface area contributed by atoms with E-state index in [4.69, 9.17) is 10.7 Å². The van der Waals surface area contributed by atoms with Crippen LogP contribution < -0.4 is 16.6 Å². The molecule has 6 aromatic rings. The van der Waals surface area contributed by atoms with E-state index in [1.807, 2.05) is 68.6 Å². The number of hydrogen-bond donors (Lipinski definition) is 2. The highest BCUT2D eigenvalue weighted by Crippen LogP contribution is 2.23. The van der Waals surface area contributed by atoms with Gasteiger partial charge in [-0.2, -0.15) is 5.10 Å². The molecule has 4 aromatic heterocycles. The number of nitrogens with zero attached hydrogens (tertiary/aromatic N) is 7. The van der Waals surface area contributed by atoms with Crippen LogP contribution in [0.2, 0.25) is 0 Å². The van der Waals surface area contributed by atoms with Crippen molar-refractivity contribution in [2.24, 2.45) is 7.05 Å². The molecule has 0 aliphatic heterocycles. The van der Waals surface area contributed by atoms with E-state index in [9.17, 15) is 9.59 Å². The summed E-state index contributed by atoms with van der Waals surface area (Å²) < 4.78 is 4.79. The summed E-state index contributed by atoms with van der Waals surface area (Å²) in [5.41, 5.74) is 10.1. The molecule has 0 saturated carbocycles. The first-order valence-corrected chi connectivity index (χ1v) is 13.0. The number of para-hydroxylation sites is 1. The van der Waals surface area contributed by atoms with Crippen molar-refractivity contribution in [3.05, 3.63) is 112 Å². The van der Waals surface area contributed by atoms with Crippen molar-refractivity contribution in [3.8, 4) is 5.69 Å². The standard InChI is InChI=1S/C30H27N9O2/c1-18(34-29(40)25-26(31)36-38-16-8-15-32-28(25)38)27-35-23-12-7-9-20(13-14-21-17-33-37(3)19(21)2)24(23)30(41)39(27)22-10-5-4-6-11-22/h4-18H,1-3H3,(H2,31,36)(H,34,40)/t18-/m1/s1. The minimum absolute atomic E-state index is 0.0561. The molecule has 0 unspecified atom stereocenters. The van der Waals surface area contributed by atoms with Gasteiger partial charge in [-0.1, -0.05) is 42.5 Å². The number of nitrogens with two attached hydrogens (primary N) is 1. The Hall–Kier alpha value is -5.58. The van der Waals surface area contributed by atoms with Crippen molar-refractivity contribution in [1.82, 2.24) is 39.2 Å². The van der Waals surface area contributed by atoms with Crippen LogP contribution in [0.3, 0.4) is 0 Å². The smallest absolute Gasteiger partial charge is 0.266 e. The first-order valence-electron chi connectivity index (χ1n) is 13.0. The number of anilines is 1. The molecule has 6 rings (SSSR count). The Bertz CT molecular complexity index is 2020. The number of nitrogen functional groups attached to an aromatic ring is 1. The molecule has 0 fully saturated rings. The molecule has 3 N–H and O–H groups in total. The second-order valence-electron chi connectivity index (χ2n) is 9.67. The van der Waals surface area contributed by atoms with Gasteiger partial charge in [0, 0.05) is 30.7 Å². The summed E-state index contributed by atoms with van der Waals surface area (Å²) in [6, 6.07) is 15.8. The maximum atomic E-state index is 14.2. The van der Waals surface area contributed by atoms with Gasteiger partial charge >= 0.3 is 0 Å². The maximum Gasteiger partial charge on any atom is 0.266 e. The predicted molar refractivity (Wildman–Crippen MR) is 157 cm³/mol. The first-order chi connectivity index (χ1) is 19.8. The Morgan fingerprint density at radius 3 is 2.59 bits per heavy atom. The van der Waals surface area contributed by atoms with Crippen LogP contribution >= 0.6 is 0 Å². The number of amides is 1. The quantitative estimate of drug-likeness (QED) is 0.325. The molecule has 0 spiro atoms. The molecule has 0 radical (unpaired) electrons. The molecule has 0 aliphatic carbocycles. The van der Waals surface area contributed by atoms with Gasteiger partial charge in [-0.3, -0.25) is 18.8 Å². The fourth-order valence-electron chi connectivity index (χ4n) is 4.84. The lowest BCUT2D eigenvalue weighted by Gasteiger charge is -2.20. The van der Waals surface area contributed by atoms with E-state index < -0.39 is 11.9 Å². The molecule has 4 heterocycles. The van der Waals surface area contributed by atoms with Gasteiger partial charge in [-0.15, -0.1) is 5.10 Å². The van der Waals surface area contributed by atoms with E-state index in [0.29, 0.717) is 28.1 Å². The zero-order chi connectivity index (χ0) is 28.7. The van der Waals surface area contributed by atoms with E-state index in [-0.39, 0.29) is 16.9 Å². The molecule has 1 atom stereocenters. The van der Waals surface area contributed by atoms with Gasteiger partial charge in [-0.25, -0.2) is 14.5 Å². The van der Waals surface area contributed by atoms with Gasteiger partial charge in [0.1, 0.15) is 11.4 Å². The van der Waals surface area contributed by atoms with Crippen molar-refractivity contribution in [1.29, 1.82) is 0 Å². The van der Waals surface area contributed by atoms with Crippen LogP contribution in [0.4, 0.5) is 5.82 Å². The third-order valence-electron chi connectivity index (χ3n) is 7.07. The van der Waals surface area contributed by atoms with Gasteiger partial charge in [-0.05, 0) is 43.7 Å². The summed E-state index contributed by atoms with van der Waals surface area (Å²) >= 11 is 0. The van der Waals surface area contributed by atoms with Gasteiger partial charge in [0.05, 0.1) is 28.8 Å². The molecule has 11 nitrogen and oxygen atoms in total. The summed E-state index contributed by atoms with van der Waals surface area (Å²) in [7, 11) is 1.88. The van der Waals surface area contributed by atoms with Crippen molar-refractivity contribution in [2.45, 2.75) is 19.9 Å². The van der Waals surface area contributed by atoms with Crippen LogP contribution in [0.5, 0.6) is 0 Å². The van der Waals surface area contributed by atoms with Gasteiger partial charge in [0.25, 0.3) is 11.5 Å². The Balaban J connectivity index is 1.47. The molecule has 11 heteroatoms. The second-order valence-corrected chi connectivity index (χ2v) is 9.67. The number of carbonyl (C=O) groups excluding carboxylic acids is 1. The minimum Gasteiger partial charge on any atom is -0.381 e. The number of aromatic nitrogens is 7. The molecule has 2 aromatic carbocycles. The Labute approximate surface area is 234 Å². The lowest BCUT2D eigenvalue weighted by atomic mass is 10.1. The summed E-state index contributed by atoms with van der Waals surface area (Å²) in [6.45, 7) is 3.76. The average molecular weight is 546 g/mol. The Morgan fingerprint density at radius 2 is 1.83 bits per heavy atom. The summed E-state index contributed by atoms with van der Waals surface area (Å²) in [4.78, 5) is 36.8. The van der Waals surface area contributed by atoms with E-state index >= 15 is 0 Å². The normalized spacial score (nSPS) is 12.4.